The molecule has 0 radical (unpaired) electrons. The van der Waals surface area contributed by atoms with E-state index in [2.05, 4.69) is 25.7 Å². The van der Waals surface area contributed by atoms with Crippen molar-refractivity contribution in [2.24, 2.45) is 0 Å². The van der Waals surface area contributed by atoms with Crippen molar-refractivity contribution >= 4 is 5.91 Å². The molecule has 0 atom stereocenters. The molecule has 1 saturated heterocycles. The molecule has 128 valence electrons. The number of aromatic nitrogens is 4. The van der Waals surface area contributed by atoms with Gasteiger partial charge < -0.3 is 10.2 Å². The molecule has 8 nitrogen and oxygen atoms in total. The first-order chi connectivity index (χ1) is 11.8. The standard InChI is InChI=1S/C16H23N7O/c1-17-8-7-16(24)22-11-9-21(10-12-22)13-15-18-19-20-23(15)14-5-3-2-4-6-14/h2-6,17H,7-13H2,1H3. The van der Waals surface area contributed by atoms with Crippen LogP contribution in [0.25, 0.3) is 5.69 Å². The quantitative estimate of drug-likeness (QED) is 0.798. The Morgan fingerprint density at radius 3 is 2.62 bits per heavy atom. The van der Waals surface area contributed by atoms with E-state index in [0.717, 1.165) is 44.2 Å². The van der Waals surface area contributed by atoms with E-state index >= 15 is 0 Å². The Morgan fingerprint density at radius 2 is 1.92 bits per heavy atom. The Balaban J connectivity index is 1.56. The van der Waals surface area contributed by atoms with Crippen molar-refractivity contribution in [1.29, 1.82) is 0 Å². The number of nitrogens with one attached hydrogen (secondary N) is 1. The first-order valence-corrected chi connectivity index (χ1v) is 8.25. The predicted octanol–water partition coefficient (Wildman–Crippen LogP) is -0.0840. The van der Waals surface area contributed by atoms with E-state index < -0.39 is 0 Å². The molecule has 0 bridgehead atoms. The largest absolute Gasteiger partial charge is 0.340 e. The number of amides is 1. The first-order valence-electron chi connectivity index (χ1n) is 8.25. The molecule has 1 N–H and O–H groups in total. The van der Waals surface area contributed by atoms with Gasteiger partial charge in [-0.1, -0.05) is 18.2 Å². The molecule has 24 heavy (non-hydrogen) atoms. The van der Waals surface area contributed by atoms with Crippen molar-refractivity contribution in [3.63, 3.8) is 0 Å². The van der Waals surface area contributed by atoms with Crippen LogP contribution in [0.15, 0.2) is 30.3 Å². The highest BCUT2D eigenvalue weighted by Gasteiger charge is 2.22. The zero-order valence-corrected chi connectivity index (χ0v) is 13.9. The van der Waals surface area contributed by atoms with Gasteiger partial charge in [0.25, 0.3) is 0 Å². The molecule has 2 heterocycles. The second kappa shape index (κ2) is 7.98. The maximum atomic E-state index is 12.1. The van der Waals surface area contributed by atoms with Crippen LogP contribution in [0.2, 0.25) is 0 Å². The molecule has 2 aromatic rings. The molecule has 0 aliphatic carbocycles. The molecule has 3 rings (SSSR count). The summed E-state index contributed by atoms with van der Waals surface area (Å²) in [6.07, 6.45) is 0.558. The van der Waals surface area contributed by atoms with Crippen LogP contribution in [-0.4, -0.2) is 75.7 Å². The van der Waals surface area contributed by atoms with Crippen LogP contribution in [0.3, 0.4) is 0 Å². The average Bonchev–Trinajstić information content (AvgIpc) is 3.09. The van der Waals surface area contributed by atoms with Crippen molar-refractivity contribution in [3.8, 4) is 5.69 Å². The van der Waals surface area contributed by atoms with Crippen molar-refractivity contribution in [2.75, 3.05) is 39.8 Å². The van der Waals surface area contributed by atoms with Gasteiger partial charge in [-0.25, -0.2) is 0 Å². The fraction of sp³-hybridized carbons (Fsp3) is 0.500. The summed E-state index contributed by atoms with van der Waals surface area (Å²) in [7, 11) is 1.86. The number of carbonyl (C=O) groups excluding carboxylic acids is 1. The number of carbonyl (C=O) groups is 1. The molecule has 1 aromatic heterocycles. The number of hydrogen-bond acceptors (Lipinski definition) is 6. The number of benzene rings is 1. The van der Waals surface area contributed by atoms with E-state index in [1.54, 1.807) is 4.68 Å². The lowest BCUT2D eigenvalue weighted by atomic mass is 10.2. The van der Waals surface area contributed by atoms with Gasteiger partial charge in [0.15, 0.2) is 5.82 Å². The molecule has 1 fully saturated rings. The van der Waals surface area contributed by atoms with E-state index in [1.165, 1.54) is 0 Å². The van der Waals surface area contributed by atoms with Crippen LogP contribution in [0.5, 0.6) is 0 Å². The summed E-state index contributed by atoms with van der Waals surface area (Å²) in [6.45, 7) is 4.61. The minimum atomic E-state index is 0.220. The van der Waals surface area contributed by atoms with Gasteiger partial charge in [0.05, 0.1) is 12.2 Å². The maximum absolute atomic E-state index is 12.1. The molecule has 1 aliphatic heterocycles. The van der Waals surface area contributed by atoms with Crippen molar-refractivity contribution < 1.29 is 4.79 Å². The van der Waals surface area contributed by atoms with Gasteiger partial charge in [-0.05, 0) is 29.6 Å². The van der Waals surface area contributed by atoms with E-state index in [9.17, 15) is 4.79 Å². The summed E-state index contributed by atoms with van der Waals surface area (Å²) in [5.74, 6) is 1.04. The summed E-state index contributed by atoms with van der Waals surface area (Å²) in [4.78, 5) is 16.3. The van der Waals surface area contributed by atoms with Crippen molar-refractivity contribution in [1.82, 2.24) is 35.3 Å². The molecule has 0 saturated carbocycles. The summed E-state index contributed by atoms with van der Waals surface area (Å²) in [6, 6.07) is 9.88. The van der Waals surface area contributed by atoms with E-state index in [-0.39, 0.29) is 5.91 Å². The van der Waals surface area contributed by atoms with E-state index in [1.807, 2.05) is 42.3 Å². The lowest BCUT2D eigenvalue weighted by Crippen LogP contribution is -2.48. The van der Waals surface area contributed by atoms with Crippen LogP contribution >= 0.6 is 0 Å². The Hall–Kier alpha value is -2.32. The zero-order valence-electron chi connectivity index (χ0n) is 13.9. The van der Waals surface area contributed by atoms with Crippen LogP contribution in [0, 0.1) is 0 Å². The lowest BCUT2D eigenvalue weighted by molar-refractivity contribution is -0.132. The van der Waals surface area contributed by atoms with Gasteiger partial charge in [0.1, 0.15) is 0 Å². The molecular weight excluding hydrogens is 306 g/mol. The third-order valence-corrected chi connectivity index (χ3v) is 4.21. The predicted molar refractivity (Wildman–Crippen MR) is 89.6 cm³/mol. The van der Waals surface area contributed by atoms with Gasteiger partial charge in [-0.15, -0.1) is 5.10 Å². The number of rotatable bonds is 6. The molecule has 8 heteroatoms. The van der Waals surface area contributed by atoms with Gasteiger partial charge >= 0.3 is 0 Å². The highest BCUT2D eigenvalue weighted by Crippen LogP contribution is 2.11. The van der Waals surface area contributed by atoms with Crippen LogP contribution in [0.1, 0.15) is 12.2 Å². The summed E-state index contributed by atoms with van der Waals surface area (Å²) >= 11 is 0. The lowest BCUT2D eigenvalue weighted by Gasteiger charge is -2.34. The maximum Gasteiger partial charge on any atom is 0.223 e. The third-order valence-electron chi connectivity index (χ3n) is 4.21. The Kier molecular flexibility index (Phi) is 5.50. The fourth-order valence-electron chi connectivity index (χ4n) is 2.82. The van der Waals surface area contributed by atoms with Crippen LogP contribution < -0.4 is 5.32 Å². The Labute approximate surface area is 141 Å². The Bertz CT molecular complexity index is 649. The van der Waals surface area contributed by atoms with Gasteiger partial charge in [-0.3, -0.25) is 9.69 Å². The van der Waals surface area contributed by atoms with E-state index in [4.69, 9.17) is 0 Å². The number of piperazine rings is 1. The first kappa shape index (κ1) is 16.5. The van der Waals surface area contributed by atoms with Gasteiger partial charge in [0.2, 0.25) is 5.91 Å². The normalized spacial score (nSPS) is 15.6. The minimum Gasteiger partial charge on any atom is -0.340 e. The zero-order chi connectivity index (χ0) is 16.8. The molecule has 0 unspecified atom stereocenters. The van der Waals surface area contributed by atoms with E-state index in [0.29, 0.717) is 13.0 Å². The monoisotopic (exact) mass is 329 g/mol. The SMILES string of the molecule is CNCCC(=O)N1CCN(Cc2nnnn2-c2ccccc2)CC1. The topological polar surface area (TPSA) is 79.2 Å². The molecular formula is C16H23N7O. The molecule has 0 spiro atoms. The molecule has 1 aliphatic rings. The van der Waals surface area contributed by atoms with Crippen LogP contribution in [-0.2, 0) is 11.3 Å². The second-order valence-electron chi connectivity index (χ2n) is 5.85. The van der Waals surface area contributed by atoms with Gasteiger partial charge in [0, 0.05) is 39.1 Å². The smallest absolute Gasteiger partial charge is 0.223 e. The van der Waals surface area contributed by atoms with Crippen molar-refractivity contribution in [2.45, 2.75) is 13.0 Å². The highest BCUT2D eigenvalue weighted by molar-refractivity contribution is 5.76. The van der Waals surface area contributed by atoms with Crippen LogP contribution in [0.4, 0.5) is 0 Å². The Morgan fingerprint density at radius 1 is 1.17 bits per heavy atom. The van der Waals surface area contributed by atoms with Crippen molar-refractivity contribution in [3.05, 3.63) is 36.2 Å². The number of hydrogen-bond donors (Lipinski definition) is 1. The number of nitrogens with zero attached hydrogens (tertiary/aromatic N) is 6. The molecule has 1 aromatic carbocycles. The second-order valence-corrected chi connectivity index (χ2v) is 5.85. The average molecular weight is 329 g/mol. The van der Waals surface area contributed by atoms with Gasteiger partial charge in [-0.2, -0.15) is 4.68 Å². The summed E-state index contributed by atoms with van der Waals surface area (Å²) < 4.78 is 1.77. The summed E-state index contributed by atoms with van der Waals surface area (Å²) in [5, 5.41) is 15.1. The fourth-order valence-corrected chi connectivity index (χ4v) is 2.82. The summed E-state index contributed by atoms with van der Waals surface area (Å²) in [5.41, 5.74) is 0.957. The highest BCUT2D eigenvalue weighted by atomic mass is 16.2. The molecule has 1 amide bonds. The number of para-hydroxylation sites is 1. The number of tetrazole rings is 1. The minimum absolute atomic E-state index is 0.220. The third kappa shape index (κ3) is 3.95.